The van der Waals surface area contributed by atoms with Crippen molar-refractivity contribution >= 4 is 16.0 Å². The van der Waals surface area contributed by atoms with Crippen LogP contribution in [0.1, 0.15) is 24.2 Å². The van der Waals surface area contributed by atoms with E-state index in [0.717, 1.165) is 18.2 Å². The predicted molar refractivity (Wildman–Crippen MR) is 69.6 cm³/mol. The molecule has 112 valence electrons. The summed E-state index contributed by atoms with van der Waals surface area (Å²) in [7, 11) is -3.89. The second-order valence-corrected chi connectivity index (χ2v) is 6.03. The average Bonchev–Trinajstić information content (AvgIpc) is 2.34. The van der Waals surface area contributed by atoms with Gasteiger partial charge in [-0.2, -0.15) is 0 Å². The minimum absolute atomic E-state index is 0.0241. The van der Waals surface area contributed by atoms with Gasteiger partial charge in [0.15, 0.2) is 0 Å². The summed E-state index contributed by atoms with van der Waals surface area (Å²) in [6, 6.07) is 2.60. The molecule has 8 heteroatoms. The number of halogens is 1. The number of rotatable bonds is 7. The van der Waals surface area contributed by atoms with Gasteiger partial charge in [0, 0.05) is 6.54 Å². The van der Waals surface area contributed by atoms with Crippen molar-refractivity contribution in [3.63, 3.8) is 0 Å². The molecule has 0 aliphatic carbocycles. The van der Waals surface area contributed by atoms with Crippen LogP contribution in [0.4, 0.5) is 4.39 Å². The summed E-state index contributed by atoms with van der Waals surface area (Å²) in [4.78, 5) is 10.5. The molecule has 0 saturated heterocycles. The zero-order chi connectivity index (χ0) is 15.3. The van der Waals surface area contributed by atoms with Gasteiger partial charge >= 0.3 is 5.97 Å². The maximum atomic E-state index is 13.2. The Bertz CT molecular complexity index is 586. The van der Waals surface area contributed by atoms with Crippen molar-refractivity contribution in [2.75, 3.05) is 13.2 Å². The van der Waals surface area contributed by atoms with E-state index in [1.165, 1.54) is 0 Å². The number of nitrogens with one attached hydrogen (secondary N) is 1. The topological polar surface area (TPSA) is 92.7 Å². The summed E-state index contributed by atoms with van der Waals surface area (Å²) >= 11 is 0. The Morgan fingerprint density at radius 3 is 2.65 bits per heavy atom. The number of aromatic carboxylic acids is 1. The van der Waals surface area contributed by atoms with E-state index in [9.17, 15) is 17.6 Å². The fourth-order valence-corrected chi connectivity index (χ4v) is 2.43. The van der Waals surface area contributed by atoms with E-state index in [1.807, 2.05) is 13.8 Å². The molecule has 0 aromatic heterocycles. The predicted octanol–water partition coefficient (Wildman–Crippen LogP) is 1.23. The summed E-state index contributed by atoms with van der Waals surface area (Å²) in [6.45, 7) is 3.85. The normalized spacial score (nSPS) is 11.8. The lowest BCUT2D eigenvalue weighted by molar-refractivity contribution is 0.0691. The van der Waals surface area contributed by atoms with Crippen LogP contribution in [0.2, 0.25) is 0 Å². The minimum atomic E-state index is -3.89. The van der Waals surface area contributed by atoms with Crippen LogP contribution in [0, 0.1) is 5.82 Å². The lowest BCUT2D eigenvalue weighted by atomic mass is 10.2. The molecular formula is C12H16FNO5S. The zero-order valence-corrected chi connectivity index (χ0v) is 11.9. The van der Waals surface area contributed by atoms with Crippen LogP contribution < -0.4 is 4.72 Å². The molecule has 0 unspecified atom stereocenters. The smallest absolute Gasteiger partial charge is 0.338 e. The van der Waals surface area contributed by atoms with E-state index in [0.29, 0.717) is 0 Å². The third-order valence-corrected chi connectivity index (χ3v) is 3.78. The van der Waals surface area contributed by atoms with Crippen molar-refractivity contribution in [1.29, 1.82) is 0 Å². The number of ether oxygens (including phenoxy) is 1. The van der Waals surface area contributed by atoms with Crippen molar-refractivity contribution in [1.82, 2.24) is 4.72 Å². The van der Waals surface area contributed by atoms with Crippen molar-refractivity contribution < 1.29 is 27.4 Å². The molecule has 1 rings (SSSR count). The summed E-state index contributed by atoms with van der Waals surface area (Å²) in [5, 5.41) is 8.76. The maximum Gasteiger partial charge on any atom is 0.338 e. The third-order valence-electron chi connectivity index (χ3n) is 2.32. The largest absolute Gasteiger partial charge is 0.478 e. The van der Waals surface area contributed by atoms with Gasteiger partial charge in [-0.15, -0.1) is 0 Å². The van der Waals surface area contributed by atoms with Crippen LogP contribution >= 0.6 is 0 Å². The summed E-state index contributed by atoms with van der Waals surface area (Å²) < 4.78 is 44.4. The Morgan fingerprint density at radius 2 is 2.10 bits per heavy atom. The molecule has 2 N–H and O–H groups in total. The quantitative estimate of drug-likeness (QED) is 0.739. The maximum absolute atomic E-state index is 13.2. The number of benzene rings is 1. The molecule has 0 saturated carbocycles. The SMILES string of the molecule is CC(C)OCCNS(=O)(=O)c1ccc(F)c(C(=O)O)c1. The van der Waals surface area contributed by atoms with Crippen LogP contribution in [0.3, 0.4) is 0 Å². The molecule has 0 heterocycles. The molecular weight excluding hydrogens is 289 g/mol. The van der Waals surface area contributed by atoms with Gasteiger partial charge in [0.25, 0.3) is 0 Å². The second-order valence-electron chi connectivity index (χ2n) is 4.26. The Kier molecular flexibility index (Phi) is 5.61. The fourth-order valence-electron chi connectivity index (χ4n) is 1.39. The van der Waals surface area contributed by atoms with Gasteiger partial charge in [0.05, 0.1) is 23.2 Å². The van der Waals surface area contributed by atoms with Crippen molar-refractivity contribution in [2.24, 2.45) is 0 Å². The van der Waals surface area contributed by atoms with E-state index < -0.39 is 27.4 Å². The molecule has 20 heavy (non-hydrogen) atoms. The molecule has 1 aromatic carbocycles. The first kappa shape index (κ1) is 16.5. The van der Waals surface area contributed by atoms with Crippen molar-refractivity contribution in [2.45, 2.75) is 24.8 Å². The van der Waals surface area contributed by atoms with Gasteiger partial charge in [-0.25, -0.2) is 22.3 Å². The Hall–Kier alpha value is -1.51. The van der Waals surface area contributed by atoms with E-state index in [1.54, 1.807) is 0 Å². The van der Waals surface area contributed by atoms with Crippen LogP contribution in [-0.2, 0) is 14.8 Å². The Morgan fingerprint density at radius 1 is 1.45 bits per heavy atom. The Balaban J connectivity index is 2.82. The van der Waals surface area contributed by atoms with Gasteiger partial charge in [-0.1, -0.05) is 0 Å². The molecule has 0 aliphatic rings. The van der Waals surface area contributed by atoms with Gasteiger partial charge < -0.3 is 9.84 Å². The second kappa shape index (κ2) is 6.78. The summed E-state index contributed by atoms with van der Waals surface area (Å²) in [6.07, 6.45) is -0.0241. The van der Waals surface area contributed by atoms with Gasteiger partial charge in [0.1, 0.15) is 5.82 Å². The molecule has 6 nitrogen and oxygen atoms in total. The average molecular weight is 305 g/mol. The number of hydrogen-bond donors (Lipinski definition) is 2. The molecule has 0 fully saturated rings. The number of carboxylic acids is 1. The number of hydrogen-bond acceptors (Lipinski definition) is 4. The lowest BCUT2D eigenvalue weighted by Crippen LogP contribution is -2.28. The molecule has 0 spiro atoms. The van der Waals surface area contributed by atoms with E-state index in [4.69, 9.17) is 9.84 Å². The third kappa shape index (κ3) is 4.55. The van der Waals surface area contributed by atoms with Crippen LogP contribution in [0.5, 0.6) is 0 Å². The summed E-state index contributed by atoms with van der Waals surface area (Å²) in [5.74, 6) is -2.51. The lowest BCUT2D eigenvalue weighted by Gasteiger charge is -2.10. The first-order valence-electron chi connectivity index (χ1n) is 5.88. The highest BCUT2D eigenvalue weighted by atomic mass is 32.2. The standard InChI is InChI=1S/C12H16FNO5S/c1-8(2)19-6-5-14-20(17,18)9-3-4-11(13)10(7-9)12(15)16/h3-4,7-8,14H,5-6H2,1-2H3,(H,15,16). The summed E-state index contributed by atoms with van der Waals surface area (Å²) in [5.41, 5.74) is -0.689. The number of carboxylic acid groups (broad SMARTS) is 1. The van der Waals surface area contributed by atoms with Crippen LogP contribution in [0.15, 0.2) is 23.1 Å². The first-order valence-corrected chi connectivity index (χ1v) is 7.36. The van der Waals surface area contributed by atoms with Gasteiger partial charge in [0.2, 0.25) is 10.0 Å². The van der Waals surface area contributed by atoms with Crippen LogP contribution in [0.25, 0.3) is 0 Å². The number of carbonyl (C=O) groups is 1. The van der Waals surface area contributed by atoms with Gasteiger partial charge in [-0.05, 0) is 32.0 Å². The molecule has 0 aliphatic heterocycles. The number of sulfonamides is 1. The van der Waals surface area contributed by atoms with Crippen molar-refractivity contribution in [3.05, 3.63) is 29.6 Å². The van der Waals surface area contributed by atoms with E-state index in [-0.39, 0.29) is 24.2 Å². The fraction of sp³-hybridized carbons (Fsp3) is 0.417. The molecule has 0 radical (unpaired) electrons. The van der Waals surface area contributed by atoms with Crippen LogP contribution in [-0.4, -0.2) is 38.7 Å². The molecule has 0 bridgehead atoms. The first-order chi connectivity index (χ1) is 9.24. The highest BCUT2D eigenvalue weighted by molar-refractivity contribution is 7.89. The molecule has 1 aromatic rings. The monoisotopic (exact) mass is 305 g/mol. The molecule has 0 atom stereocenters. The van der Waals surface area contributed by atoms with Crippen molar-refractivity contribution in [3.8, 4) is 0 Å². The highest BCUT2D eigenvalue weighted by Gasteiger charge is 2.18. The van der Waals surface area contributed by atoms with Gasteiger partial charge in [-0.3, -0.25) is 0 Å². The minimum Gasteiger partial charge on any atom is -0.478 e. The van der Waals surface area contributed by atoms with E-state index >= 15 is 0 Å². The van der Waals surface area contributed by atoms with E-state index in [2.05, 4.69) is 4.72 Å². The zero-order valence-electron chi connectivity index (χ0n) is 11.1. The molecule has 0 amide bonds. The highest BCUT2D eigenvalue weighted by Crippen LogP contribution is 2.15. The Labute approximate surface area is 116 Å².